The fraction of sp³-hybridized carbons (Fsp3) is 0.235. The number of thiazole rings is 1. The number of aliphatic hydroxyl groups excluding tert-OH is 1. The lowest BCUT2D eigenvalue weighted by atomic mass is 10.2. The third kappa shape index (κ3) is 4.66. The molecule has 0 aliphatic carbocycles. The second kappa shape index (κ2) is 7.92. The zero-order valence-corrected chi connectivity index (χ0v) is 13.2. The lowest BCUT2D eigenvalue weighted by molar-refractivity contribution is 0.000881. The summed E-state index contributed by atoms with van der Waals surface area (Å²) in [6.45, 7) is 0.707. The van der Waals surface area contributed by atoms with Crippen molar-refractivity contribution >= 4 is 11.3 Å². The number of nitrogens with zero attached hydrogens (tertiary/aromatic N) is 1. The van der Waals surface area contributed by atoms with Gasteiger partial charge in [0.05, 0.1) is 24.1 Å². The summed E-state index contributed by atoms with van der Waals surface area (Å²) in [5.41, 5.74) is 3.80. The molecule has 6 heteroatoms. The molecule has 1 aromatic carbocycles. The molecule has 0 amide bonds. The van der Waals surface area contributed by atoms with Crippen molar-refractivity contribution < 1.29 is 19.0 Å². The van der Waals surface area contributed by atoms with Crippen LogP contribution in [0.3, 0.4) is 0 Å². The minimum absolute atomic E-state index is 0.175. The summed E-state index contributed by atoms with van der Waals surface area (Å²) in [7, 11) is 0. The summed E-state index contributed by atoms with van der Waals surface area (Å²) in [4.78, 5) is 4.26. The molecule has 3 rings (SSSR count). The molecule has 0 spiro atoms. The van der Waals surface area contributed by atoms with Crippen LogP contribution in [0.25, 0.3) is 11.3 Å². The number of aliphatic hydroxyl groups is 1. The topological polar surface area (TPSA) is 64.7 Å². The van der Waals surface area contributed by atoms with Gasteiger partial charge in [-0.1, -0.05) is 0 Å². The van der Waals surface area contributed by atoms with Crippen molar-refractivity contribution in [3.8, 4) is 17.0 Å². The molecule has 0 saturated heterocycles. The van der Waals surface area contributed by atoms with E-state index in [4.69, 9.17) is 13.9 Å². The van der Waals surface area contributed by atoms with Crippen LogP contribution >= 0.6 is 11.3 Å². The fourth-order valence-electron chi connectivity index (χ4n) is 2.01. The van der Waals surface area contributed by atoms with Crippen LogP contribution in [0.1, 0.15) is 5.76 Å². The average Bonchev–Trinajstić information content (AvgIpc) is 3.27. The Morgan fingerprint density at radius 3 is 2.74 bits per heavy atom. The third-order valence-electron chi connectivity index (χ3n) is 3.16. The Bertz CT molecular complexity index is 680. The zero-order valence-electron chi connectivity index (χ0n) is 12.4. The first-order chi connectivity index (χ1) is 11.3. The predicted molar refractivity (Wildman–Crippen MR) is 87.4 cm³/mol. The van der Waals surface area contributed by atoms with E-state index in [2.05, 4.69) is 4.98 Å². The van der Waals surface area contributed by atoms with E-state index >= 15 is 0 Å². The molecule has 2 heterocycles. The van der Waals surface area contributed by atoms with Gasteiger partial charge in [0.1, 0.15) is 30.8 Å². The van der Waals surface area contributed by atoms with Gasteiger partial charge in [0.25, 0.3) is 0 Å². The van der Waals surface area contributed by atoms with E-state index in [9.17, 15) is 5.11 Å². The van der Waals surface area contributed by atoms with Gasteiger partial charge < -0.3 is 19.0 Å². The fourth-order valence-corrected chi connectivity index (χ4v) is 2.57. The summed E-state index contributed by atoms with van der Waals surface area (Å²) in [5, 5.41) is 11.9. The maximum absolute atomic E-state index is 9.85. The second-order valence-electron chi connectivity index (χ2n) is 4.96. The summed E-state index contributed by atoms with van der Waals surface area (Å²) in [5.74, 6) is 1.44. The Morgan fingerprint density at radius 2 is 2.04 bits per heavy atom. The normalized spacial score (nSPS) is 12.2. The maximum atomic E-state index is 9.85. The van der Waals surface area contributed by atoms with Crippen LogP contribution in [0.5, 0.6) is 5.75 Å². The average molecular weight is 331 g/mol. The van der Waals surface area contributed by atoms with E-state index < -0.39 is 6.10 Å². The molecule has 0 aliphatic rings. The minimum atomic E-state index is -0.692. The van der Waals surface area contributed by atoms with Crippen LogP contribution in [0.4, 0.5) is 0 Å². The molecule has 23 heavy (non-hydrogen) atoms. The molecular formula is C17H17NO4S. The molecule has 0 aliphatic heterocycles. The first kappa shape index (κ1) is 15.7. The van der Waals surface area contributed by atoms with Gasteiger partial charge in [0.15, 0.2) is 0 Å². The van der Waals surface area contributed by atoms with E-state index in [0.717, 1.165) is 17.0 Å². The number of furan rings is 1. The Hall–Kier alpha value is -2.15. The largest absolute Gasteiger partial charge is 0.491 e. The zero-order chi connectivity index (χ0) is 15.9. The molecular weight excluding hydrogens is 314 g/mol. The van der Waals surface area contributed by atoms with Crippen molar-refractivity contribution in [2.45, 2.75) is 12.7 Å². The molecule has 0 fully saturated rings. The van der Waals surface area contributed by atoms with Crippen molar-refractivity contribution in [1.29, 1.82) is 0 Å². The number of ether oxygens (including phenoxy) is 2. The SMILES string of the molecule is OC(COCc1ccco1)COc1ccc(-c2cscn2)cc1. The Kier molecular flexibility index (Phi) is 5.42. The van der Waals surface area contributed by atoms with Gasteiger partial charge in [-0.2, -0.15) is 0 Å². The monoisotopic (exact) mass is 331 g/mol. The number of hydrogen-bond acceptors (Lipinski definition) is 6. The number of rotatable bonds is 8. The minimum Gasteiger partial charge on any atom is -0.491 e. The number of hydrogen-bond donors (Lipinski definition) is 1. The molecule has 0 bridgehead atoms. The van der Waals surface area contributed by atoms with Crippen LogP contribution < -0.4 is 4.74 Å². The molecule has 5 nitrogen and oxygen atoms in total. The lowest BCUT2D eigenvalue weighted by Gasteiger charge is -2.12. The summed E-state index contributed by atoms with van der Waals surface area (Å²) in [6, 6.07) is 11.3. The molecule has 120 valence electrons. The second-order valence-corrected chi connectivity index (χ2v) is 5.68. The van der Waals surface area contributed by atoms with Gasteiger partial charge >= 0.3 is 0 Å². The van der Waals surface area contributed by atoms with Crippen LogP contribution in [0, 0.1) is 0 Å². The van der Waals surface area contributed by atoms with Gasteiger partial charge in [-0.15, -0.1) is 11.3 Å². The number of benzene rings is 1. The molecule has 0 radical (unpaired) electrons. The van der Waals surface area contributed by atoms with E-state index in [1.54, 1.807) is 29.2 Å². The highest BCUT2D eigenvalue weighted by molar-refractivity contribution is 7.07. The van der Waals surface area contributed by atoms with Crippen LogP contribution in [0.15, 0.2) is 58.0 Å². The molecule has 2 aromatic heterocycles. The van der Waals surface area contributed by atoms with Crippen molar-refractivity contribution in [2.75, 3.05) is 13.2 Å². The van der Waals surface area contributed by atoms with Gasteiger partial charge in [-0.25, -0.2) is 4.98 Å². The Balaban J connectivity index is 1.41. The standard InChI is InChI=1S/C17H17NO4S/c19-14(8-20-10-16-2-1-7-21-16)9-22-15-5-3-13(4-6-15)17-11-23-12-18-17/h1-7,11-12,14,19H,8-10H2. The molecule has 1 unspecified atom stereocenters. The first-order valence-electron chi connectivity index (χ1n) is 7.21. The van der Waals surface area contributed by atoms with Gasteiger partial charge in [-0.05, 0) is 36.4 Å². The molecule has 3 aromatic rings. The van der Waals surface area contributed by atoms with Crippen LogP contribution in [-0.2, 0) is 11.3 Å². The predicted octanol–water partition coefficient (Wildman–Crippen LogP) is 3.36. The Labute approximate surface area is 138 Å². The quantitative estimate of drug-likeness (QED) is 0.686. The molecule has 1 atom stereocenters. The molecule has 0 saturated carbocycles. The highest BCUT2D eigenvalue weighted by Crippen LogP contribution is 2.22. The molecule has 1 N–H and O–H groups in total. The smallest absolute Gasteiger partial charge is 0.129 e. The lowest BCUT2D eigenvalue weighted by Crippen LogP contribution is -2.23. The summed E-state index contributed by atoms with van der Waals surface area (Å²) >= 11 is 1.56. The van der Waals surface area contributed by atoms with Crippen LogP contribution in [-0.4, -0.2) is 29.4 Å². The Morgan fingerprint density at radius 1 is 1.17 bits per heavy atom. The van der Waals surface area contributed by atoms with E-state index in [1.165, 1.54) is 0 Å². The maximum Gasteiger partial charge on any atom is 0.129 e. The van der Waals surface area contributed by atoms with Gasteiger partial charge in [0, 0.05) is 10.9 Å². The van der Waals surface area contributed by atoms with E-state index in [-0.39, 0.29) is 13.2 Å². The van der Waals surface area contributed by atoms with Gasteiger partial charge in [0.2, 0.25) is 0 Å². The van der Waals surface area contributed by atoms with E-state index in [1.807, 2.05) is 35.7 Å². The van der Waals surface area contributed by atoms with Crippen LogP contribution in [0.2, 0.25) is 0 Å². The first-order valence-corrected chi connectivity index (χ1v) is 8.15. The van der Waals surface area contributed by atoms with Crippen molar-refractivity contribution in [1.82, 2.24) is 4.98 Å². The third-order valence-corrected chi connectivity index (χ3v) is 3.75. The summed E-state index contributed by atoms with van der Waals surface area (Å²) in [6.07, 6.45) is 0.899. The van der Waals surface area contributed by atoms with E-state index in [0.29, 0.717) is 12.4 Å². The summed E-state index contributed by atoms with van der Waals surface area (Å²) < 4.78 is 16.1. The van der Waals surface area contributed by atoms with Crippen molar-refractivity contribution in [3.63, 3.8) is 0 Å². The van der Waals surface area contributed by atoms with Gasteiger partial charge in [-0.3, -0.25) is 0 Å². The van der Waals surface area contributed by atoms with Crippen molar-refractivity contribution in [3.05, 3.63) is 59.3 Å². The number of aromatic nitrogens is 1. The highest BCUT2D eigenvalue weighted by atomic mass is 32.1. The highest BCUT2D eigenvalue weighted by Gasteiger charge is 2.07. The van der Waals surface area contributed by atoms with Crippen molar-refractivity contribution in [2.24, 2.45) is 0 Å².